The summed E-state index contributed by atoms with van der Waals surface area (Å²) in [5, 5.41) is 6.15. The van der Waals surface area contributed by atoms with Gasteiger partial charge in [0, 0.05) is 18.8 Å². The molecular formula is C24H32N4O2. The molecule has 0 aliphatic heterocycles. The van der Waals surface area contributed by atoms with Crippen LogP contribution in [0.1, 0.15) is 68.6 Å². The van der Waals surface area contributed by atoms with Crippen LogP contribution in [0.3, 0.4) is 0 Å². The zero-order chi connectivity index (χ0) is 20.9. The lowest BCUT2D eigenvalue weighted by Gasteiger charge is -2.56. The van der Waals surface area contributed by atoms with E-state index in [0.717, 1.165) is 24.3 Å². The largest absolute Gasteiger partial charge is 0.354 e. The Bertz CT molecular complexity index is 941. The van der Waals surface area contributed by atoms with Crippen LogP contribution in [0.15, 0.2) is 24.4 Å². The first-order chi connectivity index (χ1) is 14.4. The van der Waals surface area contributed by atoms with Gasteiger partial charge in [-0.3, -0.25) is 14.0 Å². The molecule has 6 nitrogen and oxygen atoms in total. The normalized spacial score (nSPS) is 29.5. The van der Waals surface area contributed by atoms with Crippen LogP contribution in [0, 0.1) is 23.2 Å². The fraction of sp³-hybridized carbons (Fsp3) is 0.625. The molecule has 0 atom stereocenters. The van der Waals surface area contributed by atoms with E-state index >= 15 is 0 Å². The zero-order valence-electron chi connectivity index (χ0n) is 18.0. The molecule has 0 spiro atoms. The first-order valence-electron chi connectivity index (χ1n) is 11.4. The van der Waals surface area contributed by atoms with Gasteiger partial charge >= 0.3 is 0 Å². The topological polar surface area (TPSA) is 75.5 Å². The van der Waals surface area contributed by atoms with Crippen molar-refractivity contribution in [3.8, 4) is 0 Å². The standard InChI is InChI=1S/C24H32N4O2/c1-15(2)26-22(29)9-19-13-28-20(4-3-5-21(28)27-19)23(30)25-14-24-10-16-6-17(11-24)8-18(7-16)12-24/h3-5,13,15-18H,6-12,14H2,1-2H3,(H,25,30)(H,26,29). The molecule has 2 amide bonds. The highest BCUT2D eigenvalue weighted by Gasteiger charge is 2.50. The summed E-state index contributed by atoms with van der Waals surface area (Å²) in [4.78, 5) is 29.7. The van der Waals surface area contributed by atoms with E-state index in [1.54, 1.807) is 0 Å². The number of hydrogen-bond donors (Lipinski definition) is 2. The minimum atomic E-state index is -0.0544. The lowest BCUT2D eigenvalue weighted by atomic mass is 9.49. The highest BCUT2D eigenvalue weighted by molar-refractivity contribution is 5.93. The van der Waals surface area contributed by atoms with Gasteiger partial charge in [-0.1, -0.05) is 6.07 Å². The Kier molecular flexibility index (Phi) is 4.83. The highest BCUT2D eigenvalue weighted by Crippen LogP contribution is 2.59. The van der Waals surface area contributed by atoms with Crippen molar-refractivity contribution < 1.29 is 9.59 Å². The number of fused-ring (bicyclic) bond motifs is 1. The second-order valence-corrected chi connectivity index (χ2v) is 10.4. The number of carbonyl (C=O) groups excluding carboxylic acids is 2. The van der Waals surface area contributed by atoms with Crippen LogP contribution < -0.4 is 10.6 Å². The van der Waals surface area contributed by atoms with Crippen molar-refractivity contribution in [2.75, 3.05) is 6.54 Å². The lowest BCUT2D eigenvalue weighted by Crippen LogP contribution is -2.51. The SMILES string of the molecule is CC(C)NC(=O)Cc1cn2c(C(=O)NCC34CC5CC(CC(C5)C3)C4)cccc2n1. The van der Waals surface area contributed by atoms with E-state index in [1.165, 1.54) is 38.5 Å². The Hall–Kier alpha value is -2.37. The van der Waals surface area contributed by atoms with Gasteiger partial charge in [0.1, 0.15) is 11.3 Å². The first kappa shape index (κ1) is 19.6. The maximum absolute atomic E-state index is 13.1. The average Bonchev–Trinajstić information content (AvgIpc) is 3.06. The summed E-state index contributed by atoms with van der Waals surface area (Å²) in [6, 6.07) is 5.67. The summed E-state index contributed by atoms with van der Waals surface area (Å²) in [7, 11) is 0. The number of pyridine rings is 1. The van der Waals surface area contributed by atoms with Crippen LogP contribution in [0.5, 0.6) is 0 Å². The van der Waals surface area contributed by atoms with Gasteiger partial charge in [0.05, 0.1) is 12.1 Å². The van der Waals surface area contributed by atoms with Gasteiger partial charge in [-0.25, -0.2) is 4.98 Å². The number of nitrogens with one attached hydrogen (secondary N) is 2. The molecule has 4 fully saturated rings. The molecule has 0 radical (unpaired) electrons. The summed E-state index contributed by atoms with van der Waals surface area (Å²) < 4.78 is 1.81. The number of carbonyl (C=O) groups is 2. The molecule has 2 N–H and O–H groups in total. The van der Waals surface area contributed by atoms with Gasteiger partial charge in [0.25, 0.3) is 5.91 Å². The third-order valence-corrected chi connectivity index (χ3v) is 7.36. The van der Waals surface area contributed by atoms with Crippen LogP contribution in [-0.2, 0) is 11.2 Å². The predicted molar refractivity (Wildman–Crippen MR) is 115 cm³/mol. The quantitative estimate of drug-likeness (QED) is 0.770. The molecular weight excluding hydrogens is 376 g/mol. The van der Waals surface area contributed by atoms with Crippen molar-refractivity contribution in [3.05, 3.63) is 35.8 Å². The van der Waals surface area contributed by atoms with Crippen molar-refractivity contribution >= 4 is 17.5 Å². The van der Waals surface area contributed by atoms with E-state index in [9.17, 15) is 9.59 Å². The minimum absolute atomic E-state index is 0.0491. The summed E-state index contributed by atoms with van der Waals surface area (Å²) in [6.45, 7) is 4.66. The zero-order valence-corrected chi connectivity index (χ0v) is 18.0. The van der Waals surface area contributed by atoms with Crippen molar-refractivity contribution in [3.63, 3.8) is 0 Å². The molecule has 4 bridgehead atoms. The Labute approximate surface area is 177 Å². The monoisotopic (exact) mass is 408 g/mol. The van der Waals surface area contributed by atoms with E-state index in [2.05, 4.69) is 15.6 Å². The van der Waals surface area contributed by atoms with Gasteiger partial charge in [0.2, 0.25) is 5.91 Å². The van der Waals surface area contributed by atoms with Gasteiger partial charge in [-0.2, -0.15) is 0 Å². The molecule has 4 saturated carbocycles. The summed E-state index contributed by atoms with van der Waals surface area (Å²) >= 11 is 0. The Balaban J connectivity index is 1.30. The van der Waals surface area contributed by atoms with E-state index in [-0.39, 0.29) is 24.3 Å². The molecule has 6 heteroatoms. The van der Waals surface area contributed by atoms with E-state index in [0.29, 0.717) is 22.5 Å². The lowest BCUT2D eigenvalue weighted by molar-refractivity contribution is -0.120. The van der Waals surface area contributed by atoms with E-state index < -0.39 is 0 Å². The Morgan fingerprint density at radius 3 is 2.43 bits per heavy atom. The number of hydrogen-bond acceptors (Lipinski definition) is 3. The molecule has 2 aromatic heterocycles. The number of nitrogens with zero attached hydrogens (tertiary/aromatic N) is 2. The van der Waals surface area contributed by atoms with Crippen LogP contribution in [-0.4, -0.2) is 33.8 Å². The second kappa shape index (κ2) is 7.40. The number of rotatable bonds is 6. The van der Waals surface area contributed by atoms with Crippen LogP contribution >= 0.6 is 0 Å². The molecule has 160 valence electrons. The van der Waals surface area contributed by atoms with Crippen molar-refractivity contribution in [1.29, 1.82) is 0 Å². The van der Waals surface area contributed by atoms with Crippen molar-refractivity contribution in [2.24, 2.45) is 23.2 Å². The number of aromatic nitrogens is 2. The number of amides is 2. The van der Waals surface area contributed by atoms with Crippen LogP contribution in [0.25, 0.3) is 5.65 Å². The van der Waals surface area contributed by atoms with Gasteiger partial charge in [0.15, 0.2) is 0 Å². The molecule has 2 heterocycles. The maximum Gasteiger partial charge on any atom is 0.268 e. The Morgan fingerprint density at radius 1 is 1.13 bits per heavy atom. The van der Waals surface area contributed by atoms with E-state index in [1.807, 2.05) is 42.6 Å². The summed E-state index contributed by atoms with van der Waals surface area (Å²) in [5.41, 5.74) is 2.27. The fourth-order valence-corrected chi connectivity index (χ4v) is 6.73. The molecule has 2 aromatic rings. The van der Waals surface area contributed by atoms with Crippen LogP contribution in [0.2, 0.25) is 0 Å². The van der Waals surface area contributed by atoms with Gasteiger partial charge < -0.3 is 10.6 Å². The summed E-state index contributed by atoms with van der Waals surface area (Å²) in [5.74, 6) is 2.53. The third kappa shape index (κ3) is 3.72. The summed E-state index contributed by atoms with van der Waals surface area (Å²) in [6.07, 6.45) is 10.1. The minimum Gasteiger partial charge on any atom is -0.354 e. The highest BCUT2D eigenvalue weighted by atomic mass is 16.2. The number of imidazole rings is 1. The first-order valence-corrected chi connectivity index (χ1v) is 11.4. The Morgan fingerprint density at radius 2 is 1.80 bits per heavy atom. The smallest absolute Gasteiger partial charge is 0.268 e. The molecule has 4 aliphatic carbocycles. The fourth-order valence-electron chi connectivity index (χ4n) is 6.73. The molecule has 4 aliphatic rings. The van der Waals surface area contributed by atoms with Gasteiger partial charge in [-0.05, 0) is 87.7 Å². The van der Waals surface area contributed by atoms with Crippen molar-refractivity contribution in [2.45, 2.75) is 64.8 Å². The van der Waals surface area contributed by atoms with Crippen molar-refractivity contribution in [1.82, 2.24) is 20.0 Å². The maximum atomic E-state index is 13.1. The molecule has 0 saturated heterocycles. The predicted octanol–water partition coefficient (Wildman–Crippen LogP) is 3.35. The van der Waals surface area contributed by atoms with Crippen LogP contribution in [0.4, 0.5) is 0 Å². The average molecular weight is 409 g/mol. The second-order valence-electron chi connectivity index (χ2n) is 10.4. The van der Waals surface area contributed by atoms with Gasteiger partial charge in [-0.15, -0.1) is 0 Å². The molecule has 0 aromatic carbocycles. The van der Waals surface area contributed by atoms with E-state index in [4.69, 9.17) is 0 Å². The molecule has 0 unspecified atom stereocenters. The third-order valence-electron chi connectivity index (χ3n) is 7.36. The molecule has 30 heavy (non-hydrogen) atoms. The molecule has 6 rings (SSSR count).